The van der Waals surface area contributed by atoms with E-state index >= 15 is 0 Å². The van der Waals surface area contributed by atoms with Crippen LogP contribution in [0.1, 0.15) is 50.8 Å². The maximum atomic E-state index is 12.4. The minimum atomic E-state index is -0.257. The maximum absolute atomic E-state index is 12.4. The first kappa shape index (κ1) is 14.5. The van der Waals surface area contributed by atoms with Gasteiger partial charge >= 0.3 is 0 Å². The Morgan fingerprint density at radius 2 is 2.14 bits per heavy atom. The van der Waals surface area contributed by atoms with E-state index in [1.54, 1.807) is 4.68 Å². The van der Waals surface area contributed by atoms with Gasteiger partial charge in [-0.1, -0.05) is 5.21 Å². The molecule has 21 heavy (non-hydrogen) atoms. The van der Waals surface area contributed by atoms with Crippen molar-refractivity contribution in [3.63, 3.8) is 0 Å². The number of carbonyl (C=O) groups excluding carboxylic acids is 1. The molecular weight excluding hydrogens is 266 g/mol. The molecule has 1 saturated heterocycles. The van der Waals surface area contributed by atoms with Crippen molar-refractivity contribution in [3.05, 3.63) is 11.9 Å². The van der Waals surface area contributed by atoms with Crippen molar-refractivity contribution in [2.45, 2.75) is 51.6 Å². The number of amides is 1. The summed E-state index contributed by atoms with van der Waals surface area (Å²) >= 11 is 0. The van der Waals surface area contributed by atoms with E-state index in [9.17, 15) is 4.79 Å². The molecule has 1 aliphatic carbocycles. The zero-order valence-electron chi connectivity index (χ0n) is 12.8. The average molecular weight is 291 g/mol. The van der Waals surface area contributed by atoms with E-state index in [0.29, 0.717) is 0 Å². The highest BCUT2D eigenvalue weighted by molar-refractivity contribution is 5.80. The van der Waals surface area contributed by atoms with E-state index < -0.39 is 0 Å². The van der Waals surface area contributed by atoms with Crippen LogP contribution in [0, 0.1) is 5.92 Å². The Balaban J connectivity index is 1.52. The number of carbonyl (C=O) groups is 1. The molecule has 2 heterocycles. The molecule has 6 heteroatoms. The monoisotopic (exact) mass is 291 g/mol. The summed E-state index contributed by atoms with van der Waals surface area (Å²) < 4.78 is 1.70. The number of piperidine rings is 1. The molecule has 0 bridgehead atoms. The Bertz CT molecular complexity index is 476. The molecule has 1 atom stereocenters. The smallest absolute Gasteiger partial charge is 0.247 e. The maximum Gasteiger partial charge on any atom is 0.247 e. The van der Waals surface area contributed by atoms with Crippen LogP contribution in [-0.2, 0) is 11.3 Å². The fourth-order valence-corrected chi connectivity index (χ4v) is 2.80. The molecule has 0 spiro atoms. The Labute approximate surface area is 125 Å². The minimum absolute atomic E-state index is 0.164. The Kier molecular flexibility index (Phi) is 4.53. The van der Waals surface area contributed by atoms with E-state index in [0.717, 1.165) is 50.6 Å². The lowest BCUT2D eigenvalue weighted by Gasteiger charge is -2.29. The summed E-state index contributed by atoms with van der Waals surface area (Å²) in [6.45, 7) is 5.48. The van der Waals surface area contributed by atoms with Gasteiger partial charge in [-0.25, -0.2) is 4.68 Å². The highest BCUT2D eigenvalue weighted by atomic mass is 16.2. The van der Waals surface area contributed by atoms with Crippen molar-refractivity contribution in [1.29, 1.82) is 0 Å². The van der Waals surface area contributed by atoms with E-state index in [1.807, 2.05) is 18.0 Å². The number of likely N-dealkylation sites (tertiary alicyclic amines) is 1. The Hall–Kier alpha value is -1.43. The summed E-state index contributed by atoms with van der Waals surface area (Å²) in [5.74, 6) is 1.02. The predicted molar refractivity (Wildman–Crippen MR) is 79.6 cm³/mol. The molecule has 3 rings (SSSR count). The summed E-state index contributed by atoms with van der Waals surface area (Å²) in [7, 11) is 0. The van der Waals surface area contributed by atoms with Crippen LogP contribution in [0.25, 0.3) is 0 Å². The normalized spacial score (nSPS) is 20.5. The van der Waals surface area contributed by atoms with Crippen LogP contribution in [0.4, 0.5) is 0 Å². The quantitative estimate of drug-likeness (QED) is 0.859. The van der Waals surface area contributed by atoms with Gasteiger partial charge in [-0.05, 0) is 51.5 Å². The molecule has 2 fully saturated rings. The van der Waals surface area contributed by atoms with E-state index in [1.165, 1.54) is 19.3 Å². The highest BCUT2D eigenvalue weighted by Gasteiger charge is 2.24. The molecule has 1 amide bonds. The molecule has 0 radical (unpaired) electrons. The second-order valence-electron chi connectivity index (χ2n) is 6.33. The van der Waals surface area contributed by atoms with Gasteiger partial charge in [0.25, 0.3) is 0 Å². The third-order valence-electron chi connectivity index (χ3n) is 4.42. The standard InChI is InChI=1S/C15H25N5O/c1-12(15(21)19-7-3-2-4-8-19)20-11-14(17-18-20)10-16-9-13-5-6-13/h11-13,16H,2-10H2,1H3. The summed E-state index contributed by atoms with van der Waals surface area (Å²) in [5, 5.41) is 11.7. The van der Waals surface area contributed by atoms with Crippen LogP contribution in [-0.4, -0.2) is 45.4 Å². The number of hydrogen-bond acceptors (Lipinski definition) is 4. The lowest BCUT2D eigenvalue weighted by molar-refractivity contribution is -0.135. The molecule has 1 unspecified atom stereocenters. The van der Waals surface area contributed by atoms with Crippen LogP contribution >= 0.6 is 0 Å². The van der Waals surface area contributed by atoms with Gasteiger partial charge in [-0.3, -0.25) is 4.79 Å². The van der Waals surface area contributed by atoms with Gasteiger partial charge in [0.2, 0.25) is 5.91 Å². The fraction of sp³-hybridized carbons (Fsp3) is 0.800. The molecule has 1 aliphatic heterocycles. The zero-order chi connectivity index (χ0) is 14.7. The van der Waals surface area contributed by atoms with Gasteiger partial charge in [0.1, 0.15) is 6.04 Å². The van der Waals surface area contributed by atoms with Gasteiger partial charge in [0.05, 0.1) is 11.9 Å². The first-order chi connectivity index (χ1) is 10.2. The molecule has 6 nitrogen and oxygen atoms in total. The second kappa shape index (κ2) is 6.56. The number of nitrogens with zero attached hydrogens (tertiary/aromatic N) is 4. The average Bonchev–Trinajstić information content (AvgIpc) is 3.23. The third kappa shape index (κ3) is 3.81. The molecule has 1 saturated carbocycles. The Morgan fingerprint density at radius 1 is 1.38 bits per heavy atom. The molecule has 0 aromatic carbocycles. The van der Waals surface area contributed by atoms with Crippen LogP contribution in [0.15, 0.2) is 6.20 Å². The summed E-state index contributed by atoms with van der Waals surface area (Å²) in [6.07, 6.45) is 8.06. The van der Waals surface area contributed by atoms with Crippen molar-refractivity contribution in [2.75, 3.05) is 19.6 Å². The first-order valence-corrected chi connectivity index (χ1v) is 8.14. The predicted octanol–water partition coefficient (Wildman–Crippen LogP) is 1.35. The largest absolute Gasteiger partial charge is 0.341 e. The van der Waals surface area contributed by atoms with E-state index in [4.69, 9.17) is 0 Å². The van der Waals surface area contributed by atoms with Gasteiger partial charge in [-0.2, -0.15) is 0 Å². The third-order valence-corrected chi connectivity index (χ3v) is 4.42. The highest BCUT2D eigenvalue weighted by Crippen LogP contribution is 2.27. The molecule has 1 aromatic rings. The van der Waals surface area contributed by atoms with Gasteiger partial charge in [0, 0.05) is 19.6 Å². The molecule has 1 N–H and O–H groups in total. The van der Waals surface area contributed by atoms with Crippen molar-refractivity contribution in [1.82, 2.24) is 25.2 Å². The van der Waals surface area contributed by atoms with E-state index in [2.05, 4.69) is 15.6 Å². The van der Waals surface area contributed by atoms with Gasteiger partial charge in [0.15, 0.2) is 0 Å². The van der Waals surface area contributed by atoms with Gasteiger partial charge in [-0.15, -0.1) is 5.10 Å². The number of rotatable bonds is 6. The summed E-state index contributed by atoms with van der Waals surface area (Å²) in [6, 6.07) is -0.257. The van der Waals surface area contributed by atoms with Crippen molar-refractivity contribution in [3.8, 4) is 0 Å². The first-order valence-electron chi connectivity index (χ1n) is 8.14. The van der Waals surface area contributed by atoms with Crippen molar-refractivity contribution < 1.29 is 4.79 Å². The number of hydrogen-bond donors (Lipinski definition) is 1. The SMILES string of the molecule is CC(C(=O)N1CCCCC1)n1cc(CNCC2CC2)nn1. The molecule has 116 valence electrons. The van der Waals surface area contributed by atoms with Crippen molar-refractivity contribution >= 4 is 5.91 Å². The lowest BCUT2D eigenvalue weighted by atomic mass is 10.1. The minimum Gasteiger partial charge on any atom is -0.341 e. The van der Waals surface area contributed by atoms with Crippen LogP contribution in [0.2, 0.25) is 0 Å². The van der Waals surface area contributed by atoms with Crippen LogP contribution < -0.4 is 5.32 Å². The summed E-state index contributed by atoms with van der Waals surface area (Å²) in [4.78, 5) is 14.4. The molecule has 1 aromatic heterocycles. The van der Waals surface area contributed by atoms with Crippen molar-refractivity contribution in [2.24, 2.45) is 5.92 Å². The number of nitrogens with one attached hydrogen (secondary N) is 1. The van der Waals surface area contributed by atoms with Crippen LogP contribution in [0.5, 0.6) is 0 Å². The molecular formula is C15H25N5O. The number of aromatic nitrogens is 3. The zero-order valence-corrected chi connectivity index (χ0v) is 12.8. The fourth-order valence-electron chi connectivity index (χ4n) is 2.80. The second-order valence-corrected chi connectivity index (χ2v) is 6.33. The van der Waals surface area contributed by atoms with Gasteiger partial charge < -0.3 is 10.2 Å². The Morgan fingerprint density at radius 3 is 2.86 bits per heavy atom. The lowest BCUT2D eigenvalue weighted by Crippen LogP contribution is -2.39. The topological polar surface area (TPSA) is 63.1 Å². The summed E-state index contributed by atoms with van der Waals surface area (Å²) in [5.41, 5.74) is 0.911. The molecule has 2 aliphatic rings. The van der Waals surface area contributed by atoms with E-state index in [-0.39, 0.29) is 11.9 Å². The van der Waals surface area contributed by atoms with Crippen LogP contribution in [0.3, 0.4) is 0 Å².